The lowest BCUT2D eigenvalue weighted by Gasteiger charge is -2.28. The lowest BCUT2D eigenvalue weighted by atomic mass is 10.2. The van der Waals surface area contributed by atoms with E-state index in [4.69, 9.17) is 9.52 Å². The lowest BCUT2D eigenvalue weighted by Crippen LogP contribution is -2.44. The maximum absolute atomic E-state index is 12.1. The number of sulfone groups is 1. The number of aromatic carboxylic acids is 1. The van der Waals surface area contributed by atoms with E-state index in [-0.39, 0.29) is 11.3 Å². The molecule has 20 heavy (non-hydrogen) atoms. The summed E-state index contributed by atoms with van der Waals surface area (Å²) in [5.74, 6) is -1.91. The van der Waals surface area contributed by atoms with Crippen molar-refractivity contribution in [3.63, 3.8) is 0 Å². The second-order valence-corrected chi connectivity index (χ2v) is 7.10. The van der Waals surface area contributed by atoms with Crippen molar-refractivity contribution in [3.05, 3.63) is 23.7 Å². The number of carbonyl (C=O) groups is 2. The van der Waals surface area contributed by atoms with E-state index in [9.17, 15) is 18.0 Å². The molecular formula is C12H17NO6S. The van der Waals surface area contributed by atoms with Crippen LogP contribution in [0.4, 0.5) is 0 Å². The van der Waals surface area contributed by atoms with Crippen LogP contribution in [0.1, 0.15) is 34.8 Å². The molecule has 8 heteroatoms. The van der Waals surface area contributed by atoms with E-state index < -0.39 is 33.0 Å². The van der Waals surface area contributed by atoms with Crippen molar-refractivity contribution in [1.29, 1.82) is 0 Å². The molecule has 1 amide bonds. The van der Waals surface area contributed by atoms with Crippen molar-refractivity contribution in [1.82, 2.24) is 4.90 Å². The highest BCUT2D eigenvalue weighted by Gasteiger charge is 2.30. The predicted octanol–water partition coefficient (Wildman–Crippen LogP) is 0.871. The van der Waals surface area contributed by atoms with Gasteiger partial charge in [-0.2, -0.15) is 0 Å². The van der Waals surface area contributed by atoms with E-state index in [1.165, 1.54) is 18.9 Å². The Morgan fingerprint density at radius 2 is 1.90 bits per heavy atom. The Hall–Kier alpha value is -1.83. The molecule has 0 bridgehead atoms. The van der Waals surface area contributed by atoms with E-state index in [1.807, 2.05) is 0 Å². The quantitative estimate of drug-likeness (QED) is 0.865. The molecule has 0 spiro atoms. The number of rotatable bonds is 5. The fourth-order valence-corrected chi connectivity index (χ4v) is 2.49. The monoisotopic (exact) mass is 303 g/mol. The second-order valence-electron chi connectivity index (χ2n) is 4.70. The first-order chi connectivity index (χ1) is 9.05. The molecule has 0 fully saturated rings. The topological polar surface area (TPSA) is 105 Å². The number of hydrogen-bond acceptors (Lipinski definition) is 5. The van der Waals surface area contributed by atoms with Gasteiger partial charge in [-0.1, -0.05) is 0 Å². The summed E-state index contributed by atoms with van der Waals surface area (Å²) in [5, 5.41) is 8.01. The van der Waals surface area contributed by atoms with Gasteiger partial charge in [0.2, 0.25) is 0 Å². The van der Waals surface area contributed by atoms with Crippen LogP contribution >= 0.6 is 0 Å². The summed E-state index contributed by atoms with van der Waals surface area (Å²) in [5.41, 5.74) is -0.134. The number of carbonyl (C=O) groups excluding carboxylic acids is 1. The van der Waals surface area contributed by atoms with Gasteiger partial charge in [-0.15, -0.1) is 0 Å². The lowest BCUT2D eigenvalue weighted by molar-refractivity contribution is 0.0692. The first-order valence-electron chi connectivity index (χ1n) is 5.83. The van der Waals surface area contributed by atoms with Crippen LogP contribution in [0, 0.1) is 0 Å². The normalized spacial score (nSPS) is 14.6. The standard InChI is InChI=1S/C12H17NO6S/c1-7(8(2)20(4,17)18)13(3)11(14)10-5-9(6-19-10)12(15)16/h5-8H,1-4H3,(H,15,16). The first kappa shape index (κ1) is 16.2. The van der Waals surface area contributed by atoms with Gasteiger partial charge in [-0.3, -0.25) is 4.79 Å². The fraction of sp³-hybridized carbons (Fsp3) is 0.500. The summed E-state index contributed by atoms with van der Waals surface area (Å²) in [6, 6.07) is 0.537. The minimum atomic E-state index is -3.29. The van der Waals surface area contributed by atoms with Gasteiger partial charge in [0.1, 0.15) is 6.26 Å². The number of carboxylic acids is 1. The Morgan fingerprint density at radius 1 is 1.35 bits per heavy atom. The third kappa shape index (κ3) is 3.38. The Kier molecular flexibility index (Phi) is 4.59. The van der Waals surface area contributed by atoms with Crippen molar-refractivity contribution in [2.45, 2.75) is 25.1 Å². The van der Waals surface area contributed by atoms with Crippen LogP contribution in [-0.2, 0) is 9.84 Å². The zero-order chi connectivity index (χ0) is 15.7. The molecule has 7 nitrogen and oxygen atoms in total. The van der Waals surface area contributed by atoms with Crippen molar-refractivity contribution in [3.8, 4) is 0 Å². The molecule has 1 heterocycles. The third-order valence-electron chi connectivity index (χ3n) is 3.34. The molecule has 2 atom stereocenters. The highest BCUT2D eigenvalue weighted by Crippen LogP contribution is 2.15. The van der Waals surface area contributed by atoms with Crippen molar-refractivity contribution in [2.75, 3.05) is 13.3 Å². The molecule has 0 aliphatic rings. The molecule has 0 aromatic carbocycles. The number of hydrogen-bond donors (Lipinski definition) is 1. The molecule has 0 saturated heterocycles. The SMILES string of the molecule is CC(C(C)S(C)(=O)=O)N(C)C(=O)c1cc(C(=O)O)co1. The van der Waals surface area contributed by atoms with Crippen molar-refractivity contribution >= 4 is 21.7 Å². The van der Waals surface area contributed by atoms with Gasteiger partial charge in [0.15, 0.2) is 15.6 Å². The van der Waals surface area contributed by atoms with Gasteiger partial charge in [0.05, 0.1) is 10.8 Å². The van der Waals surface area contributed by atoms with E-state index in [1.54, 1.807) is 6.92 Å². The summed E-state index contributed by atoms with van der Waals surface area (Å²) in [7, 11) is -1.85. The summed E-state index contributed by atoms with van der Waals surface area (Å²) < 4.78 is 27.9. The van der Waals surface area contributed by atoms with E-state index in [0.29, 0.717) is 0 Å². The molecule has 0 saturated carbocycles. The van der Waals surface area contributed by atoms with E-state index in [2.05, 4.69) is 0 Å². The molecule has 0 aliphatic heterocycles. The molecule has 1 aromatic heterocycles. The van der Waals surface area contributed by atoms with Gasteiger partial charge in [0, 0.05) is 25.4 Å². The molecule has 1 aromatic rings. The fourth-order valence-electron chi connectivity index (χ4n) is 1.59. The third-order valence-corrected chi connectivity index (χ3v) is 5.09. The summed E-state index contributed by atoms with van der Waals surface area (Å²) >= 11 is 0. The Bertz CT molecular complexity index is 618. The van der Waals surface area contributed by atoms with E-state index >= 15 is 0 Å². The average molecular weight is 303 g/mol. The maximum atomic E-state index is 12.1. The zero-order valence-corrected chi connectivity index (χ0v) is 12.5. The molecule has 0 aliphatic carbocycles. The van der Waals surface area contributed by atoms with Crippen LogP contribution < -0.4 is 0 Å². The predicted molar refractivity (Wildman–Crippen MR) is 71.5 cm³/mol. The van der Waals surface area contributed by atoms with Crippen LogP contribution in [0.5, 0.6) is 0 Å². The van der Waals surface area contributed by atoms with Gasteiger partial charge in [-0.05, 0) is 13.8 Å². The van der Waals surface area contributed by atoms with E-state index in [0.717, 1.165) is 18.6 Å². The van der Waals surface area contributed by atoms with Gasteiger partial charge in [-0.25, -0.2) is 13.2 Å². The summed E-state index contributed by atoms with van der Waals surface area (Å²) in [6.45, 7) is 3.11. The van der Waals surface area contributed by atoms with Crippen LogP contribution in [0.3, 0.4) is 0 Å². The second kappa shape index (κ2) is 5.66. The minimum absolute atomic E-state index is 0.134. The van der Waals surface area contributed by atoms with Gasteiger partial charge in [0.25, 0.3) is 5.91 Å². The highest BCUT2D eigenvalue weighted by molar-refractivity contribution is 7.91. The average Bonchev–Trinajstić information content (AvgIpc) is 2.83. The smallest absolute Gasteiger partial charge is 0.338 e. The molecule has 1 rings (SSSR count). The van der Waals surface area contributed by atoms with Gasteiger partial charge >= 0.3 is 5.97 Å². The van der Waals surface area contributed by atoms with Crippen LogP contribution in [0.2, 0.25) is 0 Å². The molecular weight excluding hydrogens is 286 g/mol. The van der Waals surface area contributed by atoms with Crippen LogP contribution in [0.15, 0.2) is 16.7 Å². The summed E-state index contributed by atoms with van der Waals surface area (Å²) in [4.78, 5) is 24.0. The minimum Gasteiger partial charge on any atom is -0.478 e. The molecule has 112 valence electrons. The summed E-state index contributed by atoms with van der Waals surface area (Å²) in [6.07, 6.45) is 2.07. The zero-order valence-electron chi connectivity index (χ0n) is 11.7. The highest BCUT2D eigenvalue weighted by atomic mass is 32.2. The Balaban J connectivity index is 2.93. The van der Waals surface area contributed by atoms with Gasteiger partial charge < -0.3 is 14.4 Å². The number of nitrogens with zero attached hydrogens (tertiary/aromatic N) is 1. The number of carboxylic acid groups (broad SMARTS) is 1. The Morgan fingerprint density at radius 3 is 2.30 bits per heavy atom. The van der Waals surface area contributed by atoms with Crippen molar-refractivity contribution < 1.29 is 27.5 Å². The number of amides is 1. The number of furan rings is 1. The Labute approximate surface area is 117 Å². The molecule has 1 N–H and O–H groups in total. The molecule has 2 unspecified atom stereocenters. The molecule has 0 radical (unpaired) electrons. The largest absolute Gasteiger partial charge is 0.478 e. The van der Waals surface area contributed by atoms with Crippen molar-refractivity contribution in [2.24, 2.45) is 0 Å². The maximum Gasteiger partial charge on any atom is 0.338 e. The van der Waals surface area contributed by atoms with Crippen LogP contribution in [-0.4, -0.2) is 54.9 Å². The first-order valence-corrected chi connectivity index (χ1v) is 7.79. The van der Waals surface area contributed by atoms with Crippen LogP contribution in [0.25, 0.3) is 0 Å².